The van der Waals surface area contributed by atoms with Crippen molar-refractivity contribution < 1.29 is 0 Å². The van der Waals surface area contributed by atoms with Gasteiger partial charge < -0.3 is 0 Å². The second-order valence-electron chi connectivity index (χ2n) is 3.27. The van der Waals surface area contributed by atoms with Gasteiger partial charge in [-0.25, -0.2) is 0 Å². The third-order valence-corrected chi connectivity index (χ3v) is 4.61. The molecule has 0 nitrogen and oxygen atoms in total. The summed E-state index contributed by atoms with van der Waals surface area (Å²) in [6, 6.07) is 4.54. The lowest BCUT2D eigenvalue weighted by molar-refractivity contribution is 0.752. The molecule has 0 amide bonds. The van der Waals surface area contributed by atoms with E-state index in [0.29, 0.717) is 4.83 Å². The van der Waals surface area contributed by atoms with Crippen molar-refractivity contribution in [3.63, 3.8) is 0 Å². The number of hydrogen-bond acceptors (Lipinski definition) is 1. The molecule has 2 heteroatoms. The highest BCUT2D eigenvalue weighted by Crippen LogP contribution is 2.21. The Morgan fingerprint density at radius 3 is 2.54 bits per heavy atom. The quantitative estimate of drug-likeness (QED) is 0.688. The highest BCUT2D eigenvalue weighted by Gasteiger charge is 2.03. The van der Waals surface area contributed by atoms with E-state index >= 15 is 0 Å². The van der Waals surface area contributed by atoms with Gasteiger partial charge in [0.1, 0.15) is 0 Å². The first kappa shape index (κ1) is 11.3. The van der Waals surface area contributed by atoms with Crippen molar-refractivity contribution >= 4 is 27.3 Å². The second-order valence-corrected chi connectivity index (χ2v) is 5.81. The summed E-state index contributed by atoms with van der Waals surface area (Å²) in [5.74, 6) is 0. The molecule has 0 radical (unpaired) electrons. The molecule has 0 aliphatic carbocycles. The number of hydrogen-bond donors (Lipinski definition) is 0. The zero-order chi connectivity index (χ0) is 9.68. The molecule has 1 atom stereocenters. The average molecular weight is 261 g/mol. The zero-order valence-electron chi connectivity index (χ0n) is 8.35. The number of halogens is 1. The van der Waals surface area contributed by atoms with Gasteiger partial charge >= 0.3 is 0 Å². The first-order valence-electron chi connectivity index (χ1n) is 4.97. The van der Waals surface area contributed by atoms with Crippen molar-refractivity contribution in [3.8, 4) is 0 Å². The average Bonchev–Trinajstić information content (AvgIpc) is 2.61. The number of alkyl halides is 1. The monoisotopic (exact) mass is 260 g/mol. The van der Waals surface area contributed by atoms with Crippen LogP contribution < -0.4 is 0 Å². The van der Waals surface area contributed by atoms with Crippen LogP contribution in [0, 0.1) is 0 Å². The maximum atomic E-state index is 3.66. The Morgan fingerprint density at radius 2 is 2.00 bits per heavy atom. The van der Waals surface area contributed by atoms with E-state index in [1.165, 1.54) is 35.4 Å². The van der Waals surface area contributed by atoms with Crippen molar-refractivity contribution in [2.75, 3.05) is 0 Å². The molecule has 1 heterocycles. The van der Waals surface area contributed by atoms with Crippen LogP contribution in [0.25, 0.3) is 0 Å². The molecule has 0 bridgehead atoms. The largest absolute Gasteiger partial charge is 0.145 e. The molecular weight excluding hydrogens is 244 g/mol. The lowest BCUT2D eigenvalue weighted by Gasteiger charge is -2.03. The maximum absolute atomic E-state index is 3.66. The van der Waals surface area contributed by atoms with Crippen molar-refractivity contribution in [1.82, 2.24) is 0 Å². The molecule has 1 aromatic heterocycles. The molecule has 0 aliphatic heterocycles. The SMILES string of the molecule is CCc1ccc(CCC(Br)CC)s1. The Hall–Kier alpha value is 0.180. The summed E-state index contributed by atoms with van der Waals surface area (Å²) < 4.78 is 0. The Balaban J connectivity index is 2.36. The van der Waals surface area contributed by atoms with Crippen LogP contribution in [0.4, 0.5) is 0 Å². The molecule has 74 valence electrons. The minimum atomic E-state index is 0.694. The van der Waals surface area contributed by atoms with Crippen LogP contribution in [0.2, 0.25) is 0 Å². The van der Waals surface area contributed by atoms with Gasteiger partial charge in [0, 0.05) is 14.6 Å². The zero-order valence-corrected chi connectivity index (χ0v) is 10.7. The molecular formula is C11H17BrS. The summed E-state index contributed by atoms with van der Waals surface area (Å²) in [7, 11) is 0. The van der Waals surface area contributed by atoms with Gasteiger partial charge in [0.05, 0.1) is 0 Å². The van der Waals surface area contributed by atoms with Crippen molar-refractivity contribution in [2.45, 2.75) is 44.4 Å². The number of thiophene rings is 1. The van der Waals surface area contributed by atoms with Crippen LogP contribution >= 0.6 is 27.3 Å². The van der Waals surface area contributed by atoms with Crippen LogP contribution in [-0.4, -0.2) is 4.83 Å². The molecule has 1 unspecified atom stereocenters. The first-order valence-corrected chi connectivity index (χ1v) is 6.71. The summed E-state index contributed by atoms with van der Waals surface area (Å²) >= 11 is 5.63. The molecule has 0 aliphatic rings. The van der Waals surface area contributed by atoms with Gasteiger partial charge in [-0.05, 0) is 37.8 Å². The molecule has 0 saturated carbocycles. The fraction of sp³-hybridized carbons (Fsp3) is 0.636. The van der Waals surface area contributed by atoms with E-state index in [-0.39, 0.29) is 0 Å². The predicted octanol–water partition coefficient (Wildman–Crippen LogP) is 4.42. The van der Waals surface area contributed by atoms with Crippen LogP contribution in [0.3, 0.4) is 0 Å². The summed E-state index contributed by atoms with van der Waals surface area (Å²) in [4.78, 5) is 3.74. The number of rotatable bonds is 5. The van der Waals surface area contributed by atoms with E-state index in [9.17, 15) is 0 Å². The molecule has 1 aromatic rings. The molecule has 0 N–H and O–H groups in total. The third-order valence-electron chi connectivity index (χ3n) is 2.21. The highest BCUT2D eigenvalue weighted by atomic mass is 79.9. The molecule has 0 spiro atoms. The van der Waals surface area contributed by atoms with E-state index in [4.69, 9.17) is 0 Å². The summed E-state index contributed by atoms with van der Waals surface area (Å²) in [5.41, 5.74) is 0. The summed E-state index contributed by atoms with van der Waals surface area (Å²) in [5, 5.41) is 0. The van der Waals surface area contributed by atoms with Crippen LogP contribution in [0.15, 0.2) is 12.1 Å². The first-order chi connectivity index (χ1) is 6.26. The Kier molecular flexibility index (Phi) is 5.04. The van der Waals surface area contributed by atoms with Crippen molar-refractivity contribution in [1.29, 1.82) is 0 Å². The third kappa shape index (κ3) is 3.82. The molecule has 0 aromatic carbocycles. The van der Waals surface area contributed by atoms with Gasteiger partial charge in [0.25, 0.3) is 0 Å². The van der Waals surface area contributed by atoms with Crippen molar-refractivity contribution in [3.05, 3.63) is 21.9 Å². The van der Waals surface area contributed by atoms with Gasteiger partial charge in [-0.1, -0.05) is 29.8 Å². The minimum Gasteiger partial charge on any atom is -0.145 e. The molecule has 13 heavy (non-hydrogen) atoms. The smallest absolute Gasteiger partial charge is 0.0146 e. The highest BCUT2D eigenvalue weighted by molar-refractivity contribution is 9.09. The number of aryl methyl sites for hydroxylation is 2. The molecule has 0 fully saturated rings. The van der Waals surface area contributed by atoms with Gasteiger partial charge in [-0.15, -0.1) is 11.3 Å². The van der Waals surface area contributed by atoms with Crippen LogP contribution in [0.5, 0.6) is 0 Å². The van der Waals surface area contributed by atoms with Crippen molar-refractivity contribution in [2.24, 2.45) is 0 Å². The molecule has 1 rings (SSSR count). The standard InChI is InChI=1S/C11H17BrS/c1-3-9(12)5-6-11-8-7-10(4-2)13-11/h7-9H,3-6H2,1-2H3. The normalized spacial score (nSPS) is 13.2. The Labute approximate surface area is 93.5 Å². The Morgan fingerprint density at radius 1 is 1.31 bits per heavy atom. The topological polar surface area (TPSA) is 0 Å². The Bertz CT molecular complexity index is 242. The predicted molar refractivity (Wildman–Crippen MR) is 65.0 cm³/mol. The minimum absolute atomic E-state index is 0.694. The van der Waals surface area contributed by atoms with E-state index in [1.54, 1.807) is 0 Å². The summed E-state index contributed by atoms with van der Waals surface area (Å²) in [6.07, 6.45) is 4.90. The lowest BCUT2D eigenvalue weighted by Crippen LogP contribution is -1.96. The lowest BCUT2D eigenvalue weighted by atomic mass is 10.2. The van der Waals surface area contributed by atoms with Gasteiger partial charge in [0.2, 0.25) is 0 Å². The van der Waals surface area contributed by atoms with Crippen LogP contribution in [0.1, 0.15) is 36.4 Å². The van der Waals surface area contributed by atoms with Gasteiger partial charge in [-0.2, -0.15) is 0 Å². The van der Waals surface area contributed by atoms with E-state index in [2.05, 4.69) is 41.9 Å². The van der Waals surface area contributed by atoms with E-state index in [0.717, 1.165) is 0 Å². The fourth-order valence-electron chi connectivity index (χ4n) is 1.25. The van der Waals surface area contributed by atoms with Crippen LogP contribution in [-0.2, 0) is 12.8 Å². The fourth-order valence-corrected chi connectivity index (χ4v) is 2.45. The second kappa shape index (κ2) is 5.82. The van der Waals surface area contributed by atoms with E-state index in [1.807, 2.05) is 11.3 Å². The van der Waals surface area contributed by atoms with Gasteiger partial charge in [0.15, 0.2) is 0 Å². The summed E-state index contributed by atoms with van der Waals surface area (Å²) in [6.45, 7) is 4.44. The van der Waals surface area contributed by atoms with E-state index < -0.39 is 0 Å². The van der Waals surface area contributed by atoms with Gasteiger partial charge in [-0.3, -0.25) is 0 Å². The molecule has 0 saturated heterocycles. The maximum Gasteiger partial charge on any atom is 0.0146 e.